The minimum atomic E-state index is 0.616. The smallest absolute Gasteiger partial charge is 0.167 e. The van der Waals surface area contributed by atoms with Crippen LogP contribution in [-0.4, -0.2) is 19.9 Å². The van der Waals surface area contributed by atoms with Crippen LogP contribution in [0.25, 0.3) is 97.0 Å². The molecule has 3 aromatic heterocycles. The van der Waals surface area contributed by atoms with Gasteiger partial charge in [-0.15, -0.1) is 22.7 Å². The number of hydrogen-bond donors (Lipinski definition) is 0. The molecule has 0 saturated carbocycles. The highest BCUT2D eigenvalue weighted by Crippen LogP contribution is 2.46. The third kappa shape index (κ3) is 4.88. The average Bonchev–Trinajstić information content (AvgIpc) is 3.78. The summed E-state index contributed by atoms with van der Waals surface area (Å²) < 4.78 is 3.52. The number of aromatic nitrogens is 4. The van der Waals surface area contributed by atoms with E-state index in [1.807, 2.05) is 30.3 Å². The Bertz CT molecular complexity index is 2860. The molecule has 234 valence electrons. The van der Waals surface area contributed by atoms with Gasteiger partial charge in [0, 0.05) is 36.9 Å². The summed E-state index contributed by atoms with van der Waals surface area (Å²) >= 11 is 3.51. The van der Waals surface area contributed by atoms with Crippen molar-refractivity contribution in [2.45, 2.75) is 0 Å². The van der Waals surface area contributed by atoms with Crippen LogP contribution < -0.4 is 0 Å². The highest BCUT2D eigenvalue weighted by Gasteiger charge is 2.23. The van der Waals surface area contributed by atoms with Crippen molar-refractivity contribution in [2.75, 3.05) is 0 Å². The lowest BCUT2D eigenvalue weighted by Crippen LogP contribution is -2.02. The van der Waals surface area contributed by atoms with Crippen LogP contribution in [0.4, 0.5) is 0 Å². The maximum absolute atomic E-state index is 5.41. The summed E-state index contributed by atoms with van der Waals surface area (Å²) in [6, 6.07) is 54.9. The Morgan fingerprint density at radius 1 is 0.380 bits per heavy atom. The molecule has 0 N–H and O–H groups in total. The van der Waals surface area contributed by atoms with Crippen LogP contribution in [0.3, 0.4) is 0 Å². The van der Waals surface area contributed by atoms with Crippen LogP contribution in [0, 0.1) is 0 Å². The van der Waals surface area contributed by atoms with Gasteiger partial charge in [-0.05, 0) is 46.2 Å². The molecule has 6 heteroatoms. The quantitative estimate of drug-likeness (QED) is 0.182. The summed E-state index contributed by atoms with van der Waals surface area (Å²) in [6.45, 7) is 0. The highest BCUT2D eigenvalue weighted by atomic mass is 32.1. The Morgan fingerprint density at radius 2 is 0.960 bits per heavy atom. The van der Waals surface area contributed by atoms with Crippen LogP contribution in [0.1, 0.15) is 0 Å². The van der Waals surface area contributed by atoms with E-state index in [1.54, 1.807) is 22.7 Å². The Hall–Kier alpha value is -6.08. The number of hydrogen-bond acceptors (Lipinski definition) is 6. The van der Waals surface area contributed by atoms with Gasteiger partial charge in [0.1, 0.15) is 5.01 Å². The second-order valence-corrected chi connectivity index (χ2v) is 14.4. The monoisotopic (exact) mass is 674 g/mol. The minimum Gasteiger partial charge on any atom is -0.235 e. The third-order valence-corrected chi connectivity index (χ3v) is 11.3. The number of fused-ring (bicyclic) bond motifs is 5. The minimum absolute atomic E-state index is 0.616. The van der Waals surface area contributed by atoms with Crippen molar-refractivity contribution in [3.8, 4) is 55.9 Å². The summed E-state index contributed by atoms with van der Waals surface area (Å²) in [7, 11) is 0. The van der Waals surface area contributed by atoms with E-state index in [0.717, 1.165) is 59.4 Å². The molecule has 0 unspecified atom stereocenters. The molecule has 0 aliphatic heterocycles. The lowest BCUT2D eigenvalue weighted by Gasteiger charge is -2.14. The molecular weight excluding hydrogens is 649 g/mol. The van der Waals surface area contributed by atoms with Crippen molar-refractivity contribution in [2.24, 2.45) is 0 Å². The first kappa shape index (κ1) is 28.9. The van der Waals surface area contributed by atoms with E-state index in [0.29, 0.717) is 17.5 Å². The Kier molecular flexibility index (Phi) is 6.82. The van der Waals surface area contributed by atoms with E-state index in [4.69, 9.17) is 19.9 Å². The zero-order valence-corrected chi connectivity index (χ0v) is 28.2. The van der Waals surface area contributed by atoms with E-state index in [2.05, 4.69) is 127 Å². The number of thiophene rings is 1. The van der Waals surface area contributed by atoms with E-state index in [-0.39, 0.29) is 0 Å². The summed E-state index contributed by atoms with van der Waals surface area (Å²) in [4.78, 5) is 21.2. The van der Waals surface area contributed by atoms with Crippen LogP contribution in [0.2, 0.25) is 0 Å². The van der Waals surface area contributed by atoms with E-state index in [9.17, 15) is 0 Å². The predicted octanol–water partition coefficient (Wildman–Crippen LogP) is 12.3. The van der Waals surface area contributed by atoms with Crippen molar-refractivity contribution in [3.63, 3.8) is 0 Å². The SMILES string of the molecule is c1ccc(-c2nc(-c3cc4ccccc4cc3-c3ccccc3)nc(-c3c4nc(-c5ccccc5)sc4cc4sc5ccccc5c34)n2)cc1. The van der Waals surface area contributed by atoms with Crippen molar-refractivity contribution in [3.05, 3.63) is 158 Å². The van der Waals surface area contributed by atoms with Gasteiger partial charge >= 0.3 is 0 Å². The molecule has 0 fully saturated rings. The van der Waals surface area contributed by atoms with Gasteiger partial charge in [0.2, 0.25) is 0 Å². The number of benzene rings is 7. The molecule has 0 bridgehead atoms. The van der Waals surface area contributed by atoms with Gasteiger partial charge in [-0.2, -0.15) is 0 Å². The Labute approximate surface area is 296 Å². The molecule has 10 rings (SSSR count). The predicted molar refractivity (Wildman–Crippen MR) is 211 cm³/mol. The van der Waals surface area contributed by atoms with Gasteiger partial charge in [0.25, 0.3) is 0 Å². The second kappa shape index (κ2) is 11.8. The summed E-state index contributed by atoms with van der Waals surface area (Å²) in [6.07, 6.45) is 0. The molecule has 0 atom stereocenters. The van der Waals surface area contributed by atoms with E-state index in [1.165, 1.54) is 20.2 Å². The largest absolute Gasteiger partial charge is 0.235 e. The Morgan fingerprint density at radius 3 is 1.70 bits per heavy atom. The molecule has 4 nitrogen and oxygen atoms in total. The number of rotatable bonds is 5. The van der Waals surface area contributed by atoms with Crippen molar-refractivity contribution in [1.29, 1.82) is 0 Å². The molecule has 0 aliphatic rings. The van der Waals surface area contributed by atoms with E-state index < -0.39 is 0 Å². The molecule has 0 saturated heterocycles. The molecule has 50 heavy (non-hydrogen) atoms. The third-order valence-electron chi connectivity index (χ3n) is 9.15. The topological polar surface area (TPSA) is 51.6 Å². The van der Waals surface area contributed by atoms with Gasteiger partial charge in [-0.1, -0.05) is 133 Å². The maximum atomic E-state index is 5.41. The van der Waals surface area contributed by atoms with Gasteiger partial charge in [0.15, 0.2) is 17.5 Å². The highest BCUT2D eigenvalue weighted by molar-refractivity contribution is 7.27. The zero-order valence-electron chi connectivity index (χ0n) is 26.6. The Balaban J connectivity index is 1.32. The van der Waals surface area contributed by atoms with Crippen molar-refractivity contribution < 1.29 is 0 Å². The number of nitrogens with zero attached hydrogens (tertiary/aromatic N) is 4. The van der Waals surface area contributed by atoms with Crippen LogP contribution in [0.15, 0.2) is 158 Å². The molecule has 3 heterocycles. The van der Waals surface area contributed by atoms with E-state index >= 15 is 0 Å². The van der Waals surface area contributed by atoms with Crippen molar-refractivity contribution >= 4 is 63.8 Å². The maximum Gasteiger partial charge on any atom is 0.167 e. The summed E-state index contributed by atoms with van der Waals surface area (Å²) in [5.41, 5.74) is 7.01. The van der Waals surface area contributed by atoms with Crippen LogP contribution >= 0.6 is 22.7 Å². The lowest BCUT2D eigenvalue weighted by molar-refractivity contribution is 1.08. The zero-order chi connectivity index (χ0) is 33.0. The normalized spacial score (nSPS) is 11.6. The van der Waals surface area contributed by atoms with Gasteiger partial charge in [-0.25, -0.2) is 19.9 Å². The molecule has 10 aromatic rings. The first-order valence-corrected chi connectivity index (χ1v) is 18.1. The molecule has 0 aliphatic carbocycles. The fourth-order valence-corrected chi connectivity index (χ4v) is 9.05. The average molecular weight is 675 g/mol. The van der Waals surface area contributed by atoms with Gasteiger partial charge in [-0.3, -0.25) is 0 Å². The van der Waals surface area contributed by atoms with Crippen LogP contribution in [-0.2, 0) is 0 Å². The van der Waals surface area contributed by atoms with Gasteiger partial charge in [0.05, 0.1) is 15.8 Å². The molecular formula is C44H26N4S2. The standard InChI is InChI=1S/C44H26N4S2/c1-4-14-27(15-5-1)33-24-30-20-10-11-21-31(30)25-34(33)42-46-41(28-16-6-2-7-17-28)47-43(48-42)39-38-32-22-12-13-23-35(32)49-36(38)26-37-40(39)45-44(50-37)29-18-8-3-9-19-29/h1-26H. The summed E-state index contributed by atoms with van der Waals surface area (Å²) in [5.74, 6) is 1.87. The molecule has 0 radical (unpaired) electrons. The summed E-state index contributed by atoms with van der Waals surface area (Å²) in [5, 5.41) is 5.58. The first-order valence-electron chi connectivity index (χ1n) is 16.5. The molecule has 0 spiro atoms. The van der Waals surface area contributed by atoms with Crippen LogP contribution in [0.5, 0.6) is 0 Å². The number of thiazole rings is 1. The fourth-order valence-electron chi connectivity index (χ4n) is 6.80. The van der Waals surface area contributed by atoms with Gasteiger partial charge < -0.3 is 0 Å². The fraction of sp³-hybridized carbons (Fsp3) is 0. The van der Waals surface area contributed by atoms with Crippen molar-refractivity contribution in [1.82, 2.24) is 19.9 Å². The first-order chi connectivity index (χ1) is 24.8. The second-order valence-electron chi connectivity index (χ2n) is 12.2. The molecule has 7 aromatic carbocycles. The lowest BCUT2D eigenvalue weighted by atomic mass is 9.95. The molecule has 0 amide bonds.